The van der Waals surface area contributed by atoms with E-state index < -0.39 is 12.1 Å². The summed E-state index contributed by atoms with van der Waals surface area (Å²) in [6.45, 7) is 2.59. The highest BCUT2D eigenvalue weighted by Gasteiger charge is 2.36. The predicted octanol–water partition coefficient (Wildman–Crippen LogP) is 0.269. The molecule has 158 valence electrons. The molecule has 2 aliphatic heterocycles. The summed E-state index contributed by atoms with van der Waals surface area (Å²) in [5.74, 6) is 0.0816. The Hall–Kier alpha value is -2.61. The Morgan fingerprint density at radius 1 is 1.17 bits per heavy atom. The fourth-order valence-electron chi connectivity index (χ4n) is 4.28. The van der Waals surface area contributed by atoms with Crippen LogP contribution in [0.3, 0.4) is 0 Å². The third kappa shape index (κ3) is 5.47. The number of nitrogens with one attached hydrogen (secondary N) is 2. The Morgan fingerprint density at radius 3 is 2.62 bits per heavy atom. The van der Waals surface area contributed by atoms with Gasteiger partial charge in [0.2, 0.25) is 11.8 Å². The first-order valence-electron chi connectivity index (χ1n) is 10.4. The van der Waals surface area contributed by atoms with E-state index >= 15 is 0 Å². The largest absolute Gasteiger partial charge is 0.370 e. The number of piperidine rings is 1. The normalized spacial score (nSPS) is 22.9. The highest BCUT2D eigenvalue weighted by molar-refractivity contribution is 5.90. The van der Waals surface area contributed by atoms with Crippen molar-refractivity contribution in [1.29, 1.82) is 5.41 Å². The lowest BCUT2D eigenvalue weighted by molar-refractivity contribution is -0.139. The maximum atomic E-state index is 12.9. The van der Waals surface area contributed by atoms with E-state index in [9.17, 15) is 9.59 Å². The van der Waals surface area contributed by atoms with Crippen LogP contribution in [0.5, 0.6) is 0 Å². The monoisotopic (exact) mass is 400 g/mol. The quantitative estimate of drug-likeness (QED) is 0.402. The molecule has 8 nitrogen and oxygen atoms in total. The lowest BCUT2D eigenvalue weighted by Crippen LogP contribution is -2.53. The van der Waals surface area contributed by atoms with Gasteiger partial charge in [-0.05, 0) is 43.6 Å². The van der Waals surface area contributed by atoms with Gasteiger partial charge in [0.25, 0.3) is 0 Å². The van der Waals surface area contributed by atoms with Crippen LogP contribution < -0.4 is 16.8 Å². The van der Waals surface area contributed by atoms with E-state index in [0.29, 0.717) is 32.5 Å². The topological polar surface area (TPSA) is 129 Å². The van der Waals surface area contributed by atoms with E-state index in [1.54, 1.807) is 4.90 Å². The number of carbonyl (C=O) groups excluding carboxylic acids is 2. The maximum Gasteiger partial charge on any atom is 0.242 e. The van der Waals surface area contributed by atoms with Crippen molar-refractivity contribution in [3.05, 3.63) is 35.9 Å². The second-order valence-electron chi connectivity index (χ2n) is 8.07. The molecule has 0 radical (unpaired) electrons. The molecule has 0 bridgehead atoms. The van der Waals surface area contributed by atoms with Gasteiger partial charge in [-0.25, -0.2) is 0 Å². The molecule has 2 amide bonds. The van der Waals surface area contributed by atoms with Crippen LogP contribution in [0, 0.1) is 11.3 Å². The Morgan fingerprint density at radius 2 is 1.90 bits per heavy atom. The molecule has 3 rings (SSSR count). The number of hydrogen-bond acceptors (Lipinski definition) is 4. The lowest BCUT2D eigenvalue weighted by Gasteiger charge is -2.33. The highest BCUT2D eigenvalue weighted by atomic mass is 16.2. The lowest BCUT2D eigenvalue weighted by atomic mass is 9.98. The SMILES string of the molecule is N=C(N)N1CCCC(CNC(=O)[C@H]2CCCN2C(=O)[C@H](N)Cc2ccccc2)C1. The molecule has 2 aliphatic rings. The first-order valence-corrected chi connectivity index (χ1v) is 10.4. The summed E-state index contributed by atoms with van der Waals surface area (Å²) in [5.41, 5.74) is 12.8. The fourth-order valence-corrected chi connectivity index (χ4v) is 4.28. The van der Waals surface area contributed by atoms with Crippen LogP contribution in [0.15, 0.2) is 30.3 Å². The smallest absolute Gasteiger partial charge is 0.242 e. The van der Waals surface area contributed by atoms with Crippen molar-refractivity contribution in [3.63, 3.8) is 0 Å². The van der Waals surface area contributed by atoms with Crippen molar-refractivity contribution in [3.8, 4) is 0 Å². The summed E-state index contributed by atoms with van der Waals surface area (Å²) in [6, 6.07) is 8.60. The van der Waals surface area contributed by atoms with E-state index in [0.717, 1.165) is 31.4 Å². The van der Waals surface area contributed by atoms with Crippen LogP contribution >= 0.6 is 0 Å². The summed E-state index contributed by atoms with van der Waals surface area (Å²) in [6.07, 6.45) is 3.90. The Labute approximate surface area is 172 Å². The zero-order chi connectivity index (χ0) is 20.8. The summed E-state index contributed by atoms with van der Waals surface area (Å²) in [5, 5.41) is 10.6. The molecular weight excluding hydrogens is 368 g/mol. The van der Waals surface area contributed by atoms with Crippen LogP contribution in [0.1, 0.15) is 31.2 Å². The third-order valence-corrected chi connectivity index (χ3v) is 5.88. The minimum Gasteiger partial charge on any atom is -0.370 e. The molecule has 1 aromatic rings. The minimum absolute atomic E-state index is 0.0843. The van der Waals surface area contributed by atoms with Gasteiger partial charge in [0.05, 0.1) is 6.04 Å². The molecule has 0 aliphatic carbocycles. The van der Waals surface area contributed by atoms with Crippen molar-refractivity contribution >= 4 is 17.8 Å². The van der Waals surface area contributed by atoms with Gasteiger partial charge in [0, 0.05) is 26.2 Å². The van der Waals surface area contributed by atoms with Gasteiger partial charge in [-0.2, -0.15) is 0 Å². The van der Waals surface area contributed by atoms with E-state index in [1.807, 2.05) is 35.2 Å². The van der Waals surface area contributed by atoms with Crippen molar-refractivity contribution < 1.29 is 9.59 Å². The number of likely N-dealkylation sites (tertiary alicyclic amines) is 2. The minimum atomic E-state index is -0.645. The van der Waals surface area contributed by atoms with Gasteiger partial charge in [-0.3, -0.25) is 15.0 Å². The zero-order valence-corrected chi connectivity index (χ0v) is 16.8. The third-order valence-electron chi connectivity index (χ3n) is 5.88. The maximum absolute atomic E-state index is 12.9. The molecule has 3 atom stereocenters. The summed E-state index contributed by atoms with van der Waals surface area (Å²) >= 11 is 0. The molecule has 8 heteroatoms. The molecule has 1 unspecified atom stereocenters. The molecule has 2 heterocycles. The van der Waals surface area contributed by atoms with Gasteiger partial charge in [0.15, 0.2) is 5.96 Å². The summed E-state index contributed by atoms with van der Waals surface area (Å²) < 4.78 is 0. The standard InChI is InChI=1S/C21H32N6O2/c22-17(12-15-6-2-1-3-7-15)20(29)27-11-5-9-18(27)19(28)25-13-16-8-4-10-26(14-16)21(23)24/h1-3,6-7,16-18H,4-5,8-14,22H2,(H3,23,24)(H,25,28)/t16?,17-,18-/m1/s1. The molecule has 29 heavy (non-hydrogen) atoms. The van der Waals surface area contributed by atoms with Gasteiger partial charge >= 0.3 is 0 Å². The van der Waals surface area contributed by atoms with Crippen molar-refractivity contribution in [2.45, 2.75) is 44.2 Å². The molecule has 2 fully saturated rings. The Bertz CT molecular complexity index is 725. The molecule has 2 saturated heterocycles. The van der Waals surface area contributed by atoms with Gasteiger partial charge in [-0.1, -0.05) is 30.3 Å². The number of rotatable bonds is 6. The van der Waals surface area contributed by atoms with E-state index in [1.165, 1.54) is 0 Å². The van der Waals surface area contributed by atoms with Crippen molar-refractivity contribution in [1.82, 2.24) is 15.1 Å². The van der Waals surface area contributed by atoms with Gasteiger partial charge in [-0.15, -0.1) is 0 Å². The molecular formula is C21H32N6O2. The number of guanidine groups is 1. The summed E-state index contributed by atoms with van der Waals surface area (Å²) in [4.78, 5) is 29.1. The van der Waals surface area contributed by atoms with Crippen LogP contribution in [0.25, 0.3) is 0 Å². The molecule has 0 aromatic heterocycles. The average Bonchev–Trinajstić information content (AvgIpc) is 3.22. The molecule has 6 N–H and O–H groups in total. The van der Waals surface area contributed by atoms with Gasteiger partial charge in [0.1, 0.15) is 6.04 Å². The first-order chi connectivity index (χ1) is 14.0. The predicted molar refractivity (Wildman–Crippen MR) is 112 cm³/mol. The van der Waals surface area contributed by atoms with E-state index in [-0.39, 0.29) is 23.7 Å². The van der Waals surface area contributed by atoms with E-state index in [2.05, 4.69) is 5.32 Å². The Kier molecular flexibility index (Phi) is 7.09. The Balaban J connectivity index is 1.52. The second kappa shape index (κ2) is 9.73. The van der Waals surface area contributed by atoms with Crippen LogP contribution in [-0.2, 0) is 16.0 Å². The van der Waals surface area contributed by atoms with Crippen LogP contribution in [0.4, 0.5) is 0 Å². The average molecular weight is 401 g/mol. The first kappa shape index (κ1) is 21.1. The van der Waals surface area contributed by atoms with Crippen molar-refractivity contribution in [2.24, 2.45) is 17.4 Å². The van der Waals surface area contributed by atoms with Crippen molar-refractivity contribution in [2.75, 3.05) is 26.2 Å². The van der Waals surface area contributed by atoms with Gasteiger partial charge < -0.3 is 26.6 Å². The number of carbonyl (C=O) groups is 2. The molecule has 1 aromatic carbocycles. The highest BCUT2D eigenvalue weighted by Crippen LogP contribution is 2.20. The molecule has 0 spiro atoms. The van der Waals surface area contributed by atoms with Crippen LogP contribution in [0.2, 0.25) is 0 Å². The second-order valence-corrected chi connectivity index (χ2v) is 8.07. The number of benzene rings is 1. The number of hydrogen-bond donors (Lipinski definition) is 4. The number of amides is 2. The fraction of sp³-hybridized carbons (Fsp3) is 0.571. The zero-order valence-electron chi connectivity index (χ0n) is 16.8. The summed E-state index contributed by atoms with van der Waals surface area (Å²) in [7, 11) is 0. The number of nitrogens with zero attached hydrogens (tertiary/aromatic N) is 2. The van der Waals surface area contributed by atoms with E-state index in [4.69, 9.17) is 16.9 Å². The number of nitrogens with two attached hydrogens (primary N) is 2. The molecule has 0 saturated carbocycles. The van der Waals surface area contributed by atoms with Crippen LogP contribution in [-0.4, -0.2) is 65.8 Å².